The van der Waals surface area contributed by atoms with E-state index in [1.165, 1.54) is 16.0 Å². The summed E-state index contributed by atoms with van der Waals surface area (Å²) in [6.45, 7) is 11.8. The van der Waals surface area contributed by atoms with Gasteiger partial charge in [0.05, 0.1) is 5.54 Å². The van der Waals surface area contributed by atoms with Crippen molar-refractivity contribution < 1.29 is 0 Å². The molecule has 0 spiro atoms. The first kappa shape index (κ1) is 26.0. The molecule has 0 saturated heterocycles. The van der Waals surface area contributed by atoms with Gasteiger partial charge in [-0.15, -0.1) is 16.4 Å². The minimum atomic E-state index is -0.440. The fourth-order valence-electron chi connectivity index (χ4n) is 4.86. The average Bonchev–Trinajstić information content (AvgIpc) is 3.57. The minimum absolute atomic E-state index is 0.120. The van der Waals surface area contributed by atoms with Crippen molar-refractivity contribution in [1.82, 2.24) is 30.1 Å². The molecule has 0 aliphatic rings. The molecule has 5 aromatic rings. The van der Waals surface area contributed by atoms with Crippen molar-refractivity contribution in [2.75, 3.05) is 6.54 Å². The summed E-state index contributed by atoms with van der Waals surface area (Å²) in [5.41, 5.74) is 4.59. The number of hydrogen-bond acceptors (Lipinski definition) is 6. The van der Waals surface area contributed by atoms with Crippen LogP contribution in [0.2, 0.25) is 0 Å². The molecule has 8 heteroatoms. The average molecular weight is 527 g/mol. The molecular formula is C30H34N6OS. The van der Waals surface area contributed by atoms with Gasteiger partial charge in [0.2, 0.25) is 0 Å². The third-order valence-electron chi connectivity index (χ3n) is 6.99. The third-order valence-corrected chi connectivity index (χ3v) is 7.85. The molecule has 0 amide bonds. The standard InChI is InChI=1S/C30H34N6OS/c1-20-16-23-18-25(29(37)31-26(23)17-21(20)2)27(28-32-33-34-36(28)30(3,4)5)35(19-24-12-9-15-38-24)14-13-22-10-7-6-8-11-22/h6-12,15-18,27H,13-14,19H2,1-5H3,(H,31,37)/t27-/m1/s1. The number of aromatic amines is 1. The molecule has 196 valence electrons. The topological polar surface area (TPSA) is 79.7 Å². The van der Waals surface area contributed by atoms with Gasteiger partial charge in [-0.05, 0) is 103 Å². The number of nitrogens with zero attached hydrogens (tertiary/aromatic N) is 5. The molecule has 0 bridgehead atoms. The molecule has 0 fully saturated rings. The van der Waals surface area contributed by atoms with Gasteiger partial charge in [0.25, 0.3) is 5.56 Å². The third kappa shape index (κ3) is 5.47. The maximum atomic E-state index is 13.8. The Labute approximate surface area is 227 Å². The Kier molecular flexibility index (Phi) is 7.27. The first-order chi connectivity index (χ1) is 18.2. The second-order valence-electron chi connectivity index (χ2n) is 10.9. The van der Waals surface area contributed by atoms with Crippen molar-refractivity contribution >= 4 is 22.2 Å². The summed E-state index contributed by atoms with van der Waals surface area (Å²) in [6.07, 6.45) is 0.837. The van der Waals surface area contributed by atoms with Gasteiger partial charge in [-0.25, -0.2) is 4.68 Å². The van der Waals surface area contributed by atoms with Gasteiger partial charge in [-0.1, -0.05) is 36.4 Å². The molecule has 5 rings (SSSR count). The van der Waals surface area contributed by atoms with Crippen LogP contribution in [0, 0.1) is 13.8 Å². The molecule has 3 heterocycles. The lowest BCUT2D eigenvalue weighted by molar-refractivity contribution is 0.196. The van der Waals surface area contributed by atoms with Crippen molar-refractivity contribution in [2.45, 2.75) is 59.2 Å². The van der Waals surface area contributed by atoms with Gasteiger partial charge in [-0.3, -0.25) is 9.69 Å². The van der Waals surface area contributed by atoms with E-state index >= 15 is 0 Å². The van der Waals surface area contributed by atoms with Crippen LogP contribution in [0.25, 0.3) is 10.9 Å². The van der Waals surface area contributed by atoms with E-state index < -0.39 is 6.04 Å². The summed E-state index contributed by atoms with van der Waals surface area (Å²) in [6, 6.07) is 20.4. The zero-order valence-electron chi connectivity index (χ0n) is 22.6. The van der Waals surface area contributed by atoms with Crippen LogP contribution in [0.5, 0.6) is 0 Å². The molecule has 7 nitrogen and oxygen atoms in total. The second kappa shape index (κ2) is 10.6. The van der Waals surface area contributed by atoms with E-state index in [0.717, 1.165) is 29.4 Å². The SMILES string of the molecule is Cc1cc2cc([C@H](c3nnnn3C(C)(C)C)N(CCc3ccccc3)Cc3cccs3)c(=O)[nH]c2cc1C. The number of tetrazole rings is 1. The summed E-state index contributed by atoms with van der Waals surface area (Å²) >= 11 is 1.72. The Morgan fingerprint density at radius 2 is 1.79 bits per heavy atom. The molecule has 0 aliphatic heterocycles. The number of hydrogen-bond donors (Lipinski definition) is 1. The van der Waals surface area contributed by atoms with E-state index in [-0.39, 0.29) is 11.1 Å². The van der Waals surface area contributed by atoms with Crippen molar-refractivity contribution in [1.29, 1.82) is 0 Å². The van der Waals surface area contributed by atoms with Crippen LogP contribution in [0.4, 0.5) is 0 Å². The van der Waals surface area contributed by atoms with E-state index in [2.05, 4.69) is 108 Å². The van der Waals surface area contributed by atoms with E-state index in [9.17, 15) is 4.79 Å². The number of aryl methyl sites for hydroxylation is 2. The van der Waals surface area contributed by atoms with Crippen molar-refractivity contribution in [3.05, 3.63) is 109 Å². The summed E-state index contributed by atoms with van der Waals surface area (Å²) in [5.74, 6) is 0.663. The molecular weight excluding hydrogens is 492 g/mol. The fourth-order valence-corrected chi connectivity index (χ4v) is 5.59. The number of thiophene rings is 1. The number of fused-ring (bicyclic) bond motifs is 1. The highest BCUT2D eigenvalue weighted by atomic mass is 32.1. The number of H-pyrrole nitrogens is 1. The first-order valence-electron chi connectivity index (χ1n) is 12.9. The van der Waals surface area contributed by atoms with E-state index in [4.69, 9.17) is 0 Å². The van der Waals surface area contributed by atoms with Crippen molar-refractivity contribution in [2.24, 2.45) is 0 Å². The quantitative estimate of drug-likeness (QED) is 0.277. The minimum Gasteiger partial charge on any atom is -0.322 e. The lowest BCUT2D eigenvalue weighted by Gasteiger charge is -2.32. The van der Waals surface area contributed by atoms with Gasteiger partial charge in [0.15, 0.2) is 5.82 Å². The van der Waals surface area contributed by atoms with Crippen LogP contribution in [0.3, 0.4) is 0 Å². The summed E-state index contributed by atoms with van der Waals surface area (Å²) in [5, 5.41) is 16.1. The Morgan fingerprint density at radius 1 is 1.03 bits per heavy atom. The Morgan fingerprint density at radius 3 is 2.50 bits per heavy atom. The van der Waals surface area contributed by atoms with Crippen LogP contribution in [-0.2, 0) is 18.5 Å². The van der Waals surface area contributed by atoms with Crippen LogP contribution in [0.1, 0.15) is 59.8 Å². The Bertz CT molecular complexity index is 1580. The number of rotatable bonds is 8. The number of nitrogens with one attached hydrogen (secondary N) is 1. The van der Waals surface area contributed by atoms with Gasteiger partial charge in [0.1, 0.15) is 6.04 Å². The first-order valence-corrected chi connectivity index (χ1v) is 13.8. The zero-order valence-corrected chi connectivity index (χ0v) is 23.4. The number of benzene rings is 2. The molecule has 1 N–H and O–H groups in total. The largest absolute Gasteiger partial charge is 0.322 e. The molecule has 2 aromatic carbocycles. The molecule has 0 saturated carbocycles. The summed E-state index contributed by atoms with van der Waals surface area (Å²) < 4.78 is 1.85. The van der Waals surface area contributed by atoms with E-state index in [0.29, 0.717) is 17.9 Å². The normalized spacial score (nSPS) is 12.9. The second-order valence-corrected chi connectivity index (χ2v) is 11.9. The molecule has 1 atom stereocenters. The van der Waals surface area contributed by atoms with E-state index in [1.807, 2.05) is 22.9 Å². The van der Waals surface area contributed by atoms with Crippen LogP contribution in [0.15, 0.2) is 70.8 Å². The van der Waals surface area contributed by atoms with Gasteiger partial charge in [-0.2, -0.15) is 0 Å². The smallest absolute Gasteiger partial charge is 0.253 e. The highest BCUT2D eigenvalue weighted by molar-refractivity contribution is 7.09. The molecule has 3 aromatic heterocycles. The lowest BCUT2D eigenvalue weighted by Crippen LogP contribution is -2.38. The highest BCUT2D eigenvalue weighted by Crippen LogP contribution is 2.32. The van der Waals surface area contributed by atoms with Crippen LogP contribution >= 0.6 is 11.3 Å². The highest BCUT2D eigenvalue weighted by Gasteiger charge is 2.33. The lowest BCUT2D eigenvalue weighted by atomic mass is 9.99. The predicted octanol–water partition coefficient (Wildman–Crippen LogP) is 5.78. The van der Waals surface area contributed by atoms with Crippen molar-refractivity contribution in [3.8, 4) is 0 Å². The Hall–Kier alpha value is -3.62. The molecule has 0 aliphatic carbocycles. The maximum Gasteiger partial charge on any atom is 0.253 e. The number of aromatic nitrogens is 5. The monoisotopic (exact) mass is 526 g/mol. The summed E-state index contributed by atoms with van der Waals surface area (Å²) in [4.78, 5) is 20.5. The Balaban J connectivity index is 1.68. The van der Waals surface area contributed by atoms with Gasteiger partial charge in [0, 0.05) is 29.0 Å². The number of pyridine rings is 1. The molecule has 0 unspecified atom stereocenters. The molecule has 38 heavy (non-hydrogen) atoms. The van der Waals surface area contributed by atoms with Crippen LogP contribution in [-0.4, -0.2) is 36.6 Å². The van der Waals surface area contributed by atoms with E-state index in [1.54, 1.807) is 11.3 Å². The zero-order chi connectivity index (χ0) is 26.9. The molecule has 0 radical (unpaired) electrons. The predicted molar refractivity (Wildman–Crippen MR) is 154 cm³/mol. The van der Waals surface area contributed by atoms with Crippen molar-refractivity contribution in [3.63, 3.8) is 0 Å². The van der Waals surface area contributed by atoms with Crippen LogP contribution < -0.4 is 5.56 Å². The van der Waals surface area contributed by atoms with Gasteiger partial charge < -0.3 is 4.98 Å². The maximum absolute atomic E-state index is 13.8. The fraction of sp³-hybridized carbons (Fsp3) is 0.333. The van der Waals surface area contributed by atoms with Gasteiger partial charge >= 0.3 is 0 Å². The summed E-state index contributed by atoms with van der Waals surface area (Å²) in [7, 11) is 0.